The highest BCUT2D eigenvalue weighted by Crippen LogP contribution is 2.36. The van der Waals surface area contributed by atoms with Crippen molar-refractivity contribution in [3.63, 3.8) is 0 Å². The molecule has 1 fully saturated rings. The molecule has 1 saturated heterocycles. The van der Waals surface area contributed by atoms with Gasteiger partial charge in [-0.3, -0.25) is 0 Å². The topological polar surface area (TPSA) is 27.7 Å². The Morgan fingerprint density at radius 3 is 2.16 bits per heavy atom. The third-order valence-corrected chi connectivity index (χ3v) is 5.78. The van der Waals surface area contributed by atoms with Gasteiger partial charge < -0.3 is 14.2 Å². The van der Waals surface area contributed by atoms with E-state index in [4.69, 9.17) is 9.47 Å². The Bertz CT molecular complexity index is 976. The van der Waals surface area contributed by atoms with Crippen LogP contribution in [-0.2, 0) is 9.47 Å². The number of halogens is 5. The highest BCUT2D eigenvalue weighted by Gasteiger charge is 2.29. The maximum atomic E-state index is 14.8. The molecule has 1 atom stereocenters. The average molecular weight is 454 g/mol. The highest BCUT2D eigenvalue weighted by molar-refractivity contribution is 5.72. The van der Waals surface area contributed by atoms with Crippen LogP contribution in [0.4, 0.5) is 22.0 Å². The molecule has 2 aromatic carbocycles. The summed E-state index contributed by atoms with van der Waals surface area (Å²) in [5.41, 5.74) is 1.52. The van der Waals surface area contributed by atoms with E-state index in [1.165, 1.54) is 12.1 Å². The van der Waals surface area contributed by atoms with Crippen molar-refractivity contribution >= 4 is 5.57 Å². The largest absolute Gasteiger partial charge is 0.429 e. The Hall–Kier alpha value is -2.45. The average Bonchev–Trinajstić information content (AvgIpc) is 2.76. The highest BCUT2D eigenvalue weighted by atomic mass is 19.3. The number of hydrogen-bond acceptors (Lipinski definition) is 3. The molecule has 8 heteroatoms. The van der Waals surface area contributed by atoms with Crippen LogP contribution in [0.25, 0.3) is 16.7 Å². The minimum atomic E-state index is -3.37. The second kappa shape index (κ2) is 9.58. The van der Waals surface area contributed by atoms with E-state index in [9.17, 15) is 22.0 Å². The number of allylic oxidation sites excluding steroid dienone is 2. The van der Waals surface area contributed by atoms with E-state index in [2.05, 4.69) is 11.7 Å². The van der Waals surface area contributed by atoms with Crippen LogP contribution in [0.2, 0.25) is 0 Å². The van der Waals surface area contributed by atoms with E-state index in [0.717, 1.165) is 37.0 Å². The van der Waals surface area contributed by atoms with Gasteiger partial charge in [-0.05, 0) is 54.2 Å². The minimum absolute atomic E-state index is 0.0393. The summed E-state index contributed by atoms with van der Waals surface area (Å²) in [5.74, 6) is -3.88. The van der Waals surface area contributed by atoms with Crippen molar-refractivity contribution in [2.45, 2.75) is 39.1 Å². The molecule has 2 aliphatic rings. The zero-order valence-electron chi connectivity index (χ0n) is 17.4. The minimum Gasteiger partial charge on any atom is -0.429 e. The molecule has 2 aromatic rings. The van der Waals surface area contributed by atoms with Crippen molar-refractivity contribution in [2.75, 3.05) is 13.2 Å². The number of hydrogen-bond donors (Lipinski definition) is 0. The van der Waals surface area contributed by atoms with Crippen LogP contribution in [0.3, 0.4) is 0 Å². The van der Waals surface area contributed by atoms with Gasteiger partial charge in [0.05, 0.1) is 13.2 Å². The Balaban J connectivity index is 1.49. The third-order valence-electron chi connectivity index (χ3n) is 5.78. The van der Waals surface area contributed by atoms with Crippen LogP contribution in [0.1, 0.15) is 31.7 Å². The fourth-order valence-corrected chi connectivity index (χ4v) is 4.12. The molecule has 0 saturated carbocycles. The van der Waals surface area contributed by atoms with E-state index < -0.39 is 29.8 Å². The lowest BCUT2D eigenvalue weighted by molar-refractivity contribution is -0.222. The predicted molar refractivity (Wildman–Crippen MR) is 109 cm³/mol. The second-order valence-electron chi connectivity index (χ2n) is 8.25. The van der Waals surface area contributed by atoms with Crippen LogP contribution in [-0.4, -0.2) is 26.1 Å². The number of ether oxygens (including phenoxy) is 3. The summed E-state index contributed by atoms with van der Waals surface area (Å²) in [6.45, 7) is 0.0626. The van der Waals surface area contributed by atoms with Gasteiger partial charge in [-0.1, -0.05) is 25.1 Å². The molecule has 0 aromatic heterocycles. The van der Waals surface area contributed by atoms with Gasteiger partial charge in [-0.15, -0.1) is 0 Å². The van der Waals surface area contributed by atoms with Crippen LogP contribution in [0, 0.1) is 29.3 Å². The maximum absolute atomic E-state index is 14.8. The maximum Gasteiger partial charge on any atom is 0.387 e. The number of rotatable bonds is 5. The van der Waals surface area contributed by atoms with Crippen LogP contribution in [0.5, 0.6) is 5.75 Å². The lowest BCUT2D eigenvalue weighted by Gasteiger charge is -2.34. The molecule has 4 rings (SSSR count). The molecule has 0 amide bonds. The first-order valence-electron chi connectivity index (χ1n) is 10.5. The van der Waals surface area contributed by atoms with Crippen LogP contribution < -0.4 is 4.74 Å². The molecule has 0 radical (unpaired) electrons. The predicted octanol–water partition coefficient (Wildman–Crippen LogP) is 6.56. The molecule has 1 heterocycles. The molecule has 0 N–H and O–H groups in total. The molecule has 32 heavy (non-hydrogen) atoms. The molecule has 1 aliphatic carbocycles. The lowest BCUT2D eigenvalue weighted by atomic mass is 9.85. The van der Waals surface area contributed by atoms with Crippen LogP contribution >= 0.6 is 0 Å². The monoisotopic (exact) mass is 454 g/mol. The SMILES string of the molecule is CC1COC(C2CC=C(c3ccc(-c4cc(F)c(OC(F)F)c(F)c4)c(F)c3)CC2)OC1. The number of alkyl halides is 2. The van der Waals surface area contributed by atoms with E-state index in [1.54, 1.807) is 6.07 Å². The molecule has 1 unspecified atom stereocenters. The standard InChI is InChI=1S/C24H23F5O3/c1-13-11-30-23(31-12-13)15-4-2-14(3-5-15)16-6-7-18(19(25)8-16)17-9-20(26)22(21(27)10-17)32-24(28)29/h2,6-10,13,15,23-24H,3-5,11-12H2,1H3. The van der Waals surface area contributed by atoms with Crippen molar-refractivity contribution < 1.29 is 36.2 Å². The van der Waals surface area contributed by atoms with Crippen molar-refractivity contribution in [1.29, 1.82) is 0 Å². The van der Waals surface area contributed by atoms with Gasteiger partial charge in [0.2, 0.25) is 0 Å². The van der Waals surface area contributed by atoms with Gasteiger partial charge >= 0.3 is 6.61 Å². The van der Waals surface area contributed by atoms with Gasteiger partial charge in [0.15, 0.2) is 23.7 Å². The summed E-state index contributed by atoms with van der Waals surface area (Å²) in [7, 11) is 0. The summed E-state index contributed by atoms with van der Waals surface area (Å²) in [6, 6.07) is 5.96. The first-order valence-corrected chi connectivity index (χ1v) is 10.5. The van der Waals surface area contributed by atoms with Gasteiger partial charge in [-0.25, -0.2) is 13.2 Å². The summed E-state index contributed by atoms with van der Waals surface area (Å²) >= 11 is 0. The molecule has 1 aliphatic heterocycles. The number of benzene rings is 2. The quantitative estimate of drug-likeness (QED) is 0.479. The Morgan fingerprint density at radius 2 is 1.59 bits per heavy atom. The van der Waals surface area contributed by atoms with Gasteiger partial charge in [0.1, 0.15) is 5.82 Å². The lowest BCUT2D eigenvalue weighted by Crippen LogP contribution is -2.36. The summed E-state index contributed by atoms with van der Waals surface area (Å²) in [5, 5.41) is 0. The Labute approximate surface area is 182 Å². The van der Waals surface area contributed by atoms with E-state index in [-0.39, 0.29) is 23.3 Å². The van der Waals surface area contributed by atoms with Gasteiger partial charge in [0, 0.05) is 17.4 Å². The van der Waals surface area contributed by atoms with Crippen molar-refractivity contribution in [1.82, 2.24) is 0 Å². The van der Waals surface area contributed by atoms with E-state index in [1.807, 2.05) is 6.08 Å². The molecule has 3 nitrogen and oxygen atoms in total. The molecular formula is C24H23F5O3. The fraction of sp³-hybridized carbons (Fsp3) is 0.417. The molecular weight excluding hydrogens is 431 g/mol. The van der Waals surface area contributed by atoms with Crippen molar-refractivity contribution in [3.05, 3.63) is 59.4 Å². The Morgan fingerprint density at radius 1 is 0.938 bits per heavy atom. The van der Waals surface area contributed by atoms with Gasteiger partial charge in [-0.2, -0.15) is 8.78 Å². The van der Waals surface area contributed by atoms with E-state index in [0.29, 0.717) is 24.7 Å². The summed E-state index contributed by atoms with van der Waals surface area (Å²) in [4.78, 5) is 0. The van der Waals surface area contributed by atoms with Gasteiger partial charge in [0.25, 0.3) is 0 Å². The normalized spacial score (nSPS) is 23.8. The first kappa shape index (κ1) is 22.7. The molecule has 0 spiro atoms. The fourth-order valence-electron chi connectivity index (χ4n) is 4.12. The summed E-state index contributed by atoms with van der Waals surface area (Å²) < 4.78 is 82.9. The Kier molecular flexibility index (Phi) is 6.81. The van der Waals surface area contributed by atoms with Crippen molar-refractivity contribution in [2.24, 2.45) is 11.8 Å². The van der Waals surface area contributed by atoms with Crippen molar-refractivity contribution in [3.8, 4) is 16.9 Å². The zero-order chi connectivity index (χ0) is 22.8. The van der Waals surface area contributed by atoms with E-state index >= 15 is 0 Å². The third kappa shape index (κ3) is 4.96. The first-order chi connectivity index (χ1) is 15.3. The molecule has 172 valence electrons. The summed E-state index contributed by atoms with van der Waals surface area (Å²) in [6.07, 6.45) is 4.15. The zero-order valence-corrected chi connectivity index (χ0v) is 17.4. The second-order valence-corrected chi connectivity index (χ2v) is 8.25. The smallest absolute Gasteiger partial charge is 0.387 e. The molecule has 0 bridgehead atoms. The van der Waals surface area contributed by atoms with Crippen LogP contribution in [0.15, 0.2) is 36.4 Å².